The fraction of sp³-hybridized carbons (Fsp3) is 0.318. The number of nitrogens with two attached hydrogens (primary N) is 1. The van der Waals surface area contributed by atoms with Crippen LogP contribution in [0.1, 0.15) is 24.3 Å². The minimum Gasteiger partial charge on any atom is -0.343 e. The molecule has 0 saturated heterocycles. The van der Waals surface area contributed by atoms with Gasteiger partial charge in [0.2, 0.25) is 0 Å². The monoisotopic (exact) mass is 481 g/mol. The lowest BCUT2D eigenvalue weighted by Gasteiger charge is -2.21. The van der Waals surface area contributed by atoms with Gasteiger partial charge >= 0.3 is 0 Å². The second kappa shape index (κ2) is 10.7. The molecule has 1 aromatic heterocycles. The highest BCUT2D eigenvalue weighted by Gasteiger charge is 2.20. The molecular formula is C22H25Cl2N3OS2. The van der Waals surface area contributed by atoms with E-state index in [1.54, 1.807) is 17.4 Å². The smallest absolute Gasteiger partial charge is 0.186 e. The van der Waals surface area contributed by atoms with Crippen LogP contribution in [0.3, 0.4) is 0 Å². The van der Waals surface area contributed by atoms with Crippen LogP contribution in [0.2, 0.25) is 10.0 Å². The molecule has 0 bridgehead atoms. The summed E-state index contributed by atoms with van der Waals surface area (Å²) in [4.78, 5) is 8.33. The van der Waals surface area contributed by atoms with Crippen molar-refractivity contribution in [2.75, 3.05) is 17.2 Å². The molecule has 0 spiro atoms. The van der Waals surface area contributed by atoms with Crippen molar-refractivity contribution in [3.05, 3.63) is 69.0 Å². The molecule has 1 atom stereocenters. The van der Waals surface area contributed by atoms with Crippen molar-refractivity contribution < 1.29 is 4.21 Å². The van der Waals surface area contributed by atoms with Gasteiger partial charge in [-0.2, -0.15) is 0 Å². The second-order valence-electron chi connectivity index (χ2n) is 7.49. The molecule has 0 aliphatic carbocycles. The summed E-state index contributed by atoms with van der Waals surface area (Å²) in [5.41, 5.74) is 3.04. The Kier molecular flexibility index (Phi) is 8.31. The van der Waals surface area contributed by atoms with E-state index in [1.165, 1.54) is 4.88 Å². The Bertz CT molecular complexity index is 1010. The maximum absolute atomic E-state index is 11.6. The van der Waals surface area contributed by atoms with Gasteiger partial charge in [-0.25, -0.2) is 9.19 Å². The molecule has 160 valence electrons. The van der Waals surface area contributed by atoms with Crippen LogP contribution in [0.5, 0.6) is 0 Å². The molecule has 3 aromatic rings. The summed E-state index contributed by atoms with van der Waals surface area (Å²) < 4.78 is 11.6. The number of halogens is 2. The fourth-order valence-corrected chi connectivity index (χ4v) is 5.12. The van der Waals surface area contributed by atoms with Crippen LogP contribution in [0, 0.1) is 5.92 Å². The first-order valence-corrected chi connectivity index (χ1v) is 12.7. The average Bonchev–Trinajstić information content (AvgIpc) is 3.11. The third-order valence-corrected chi connectivity index (χ3v) is 6.98. The van der Waals surface area contributed by atoms with Gasteiger partial charge in [0.25, 0.3) is 0 Å². The third kappa shape index (κ3) is 6.28. The largest absolute Gasteiger partial charge is 0.343 e. The predicted molar refractivity (Wildman–Crippen MR) is 131 cm³/mol. The summed E-state index contributed by atoms with van der Waals surface area (Å²) in [5, 5.41) is 7.46. The Labute approximate surface area is 194 Å². The number of thiazole rings is 1. The lowest BCUT2D eigenvalue weighted by atomic mass is 10.0. The average molecular weight is 483 g/mol. The Morgan fingerprint density at radius 3 is 2.50 bits per heavy atom. The highest BCUT2D eigenvalue weighted by Crippen LogP contribution is 2.37. The number of anilines is 1. The standard InChI is InChI=1S/C22H25Cl2N3OS2/c1-15(2)12-20-21(17-8-9-18(23)19(24)13-17)26-22(29-20)27(10-11-30(25)28)14-16-6-4-3-5-7-16/h3-9,13,15H,10-12,14,25H2,1-2H3. The van der Waals surface area contributed by atoms with Crippen LogP contribution in [-0.2, 0) is 24.0 Å². The summed E-state index contributed by atoms with van der Waals surface area (Å²) in [7, 11) is -1.36. The minimum absolute atomic E-state index is 0.383. The Morgan fingerprint density at radius 1 is 1.13 bits per heavy atom. The molecule has 30 heavy (non-hydrogen) atoms. The zero-order valence-electron chi connectivity index (χ0n) is 17.0. The van der Waals surface area contributed by atoms with Crippen molar-refractivity contribution in [1.29, 1.82) is 0 Å². The van der Waals surface area contributed by atoms with Gasteiger partial charge in [-0.1, -0.05) is 73.4 Å². The van der Waals surface area contributed by atoms with Gasteiger partial charge < -0.3 is 4.90 Å². The lowest BCUT2D eigenvalue weighted by Crippen LogP contribution is -2.29. The minimum atomic E-state index is -1.36. The molecule has 0 aliphatic heterocycles. The molecular weight excluding hydrogens is 457 g/mol. The zero-order valence-corrected chi connectivity index (χ0v) is 20.1. The molecule has 0 radical (unpaired) electrons. The zero-order chi connectivity index (χ0) is 21.7. The van der Waals surface area contributed by atoms with Crippen molar-refractivity contribution in [3.63, 3.8) is 0 Å². The first-order chi connectivity index (χ1) is 14.3. The maximum atomic E-state index is 11.6. The van der Waals surface area contributed by atoms with Crippen LogP contribution in [0.25, 0.3) is 11.3 Å². The molecule has 0 amide bonds. The van der Waals surface area contributed by atoms with E-state index in [2.05, 4.69) is 30.9 Å². The molecule has 1 heterocycles. The normalized spacial score (nSPS) is 12.3. The van der Waals surface area contributed by atoms with E-state index in [-0.39, 0.29) is 0 Å². The lowest BCUT2D eigenvalue weighted by molar-refractivity contribution is 0.654. The van der Waals surface area contributed by atoms with Gasteiger partial charge in [0.1, 0.15) is 0 Å². The molecule has 3 rings (SSSR count). The third-order valence-electron chi connectivity index (χ3n) is 4.52. The summed E-state index contributed by atoms with van der Waals surface area (Å²) in [6, 6.07) is 15.8. The number of nitrogens with zero attached hydrogens (tertiary/aromatic N) is 2. The van der Waals surface area contributed by atoms with Gasteiger partial charge in [-0.3, -0.25) is 5.14 Å². The highest BCUT2D eigenvalue weighted by molar-refractivity contribution is 7.82. The maximum Gasteiger partial charge on any atom is 0.186 e. The molecule has 2 N–H and O–H groups in total. The predicted octanol–water partition coefficient (Wildman–Crippen LogP) is 5.94. The van der Waals surface area contributed by atoms with E-state index in [0.29, 0.717) is 34.8 Å². The highest BCUT2D eigenvalue weighted by atomic mass is 35.5. The van der Waals surface area contributed by atoms with Crippen molar-refractivity contribution in [1.82, 2.24) is 4.98 Å². The van der Waals surface area contributed by atoms with Crippen LogP contribution in [0.15, 0.2) is 48.5 Å². The number of benzene rings is 2. The number of rotatable bonds is 9. The van der Waals surface area contributed by atoms with E-state index in [4.69, 9.17) is 33.3 Å². The summed E-state index contributed by atoms with van der Waals surface area (Å²) in [5.74, 6) is 0.868. The molecule has 4 nitrogen and oxygen atoms in total. The number of hydrogen-bond donors (Lipinski definition) is 1. The quantitative estimate of drug-likeness (QED) is 0.410. The van der Waals surface area contributed by atoms with Gasteiger partial charge in [0, 0.05) is 23.5 Å². The number of aromatic nitrogens is 1. The summed E-state index contributed by atoms with van der Waals surface area (Å²) in [6.45, 7) is 5.62. The molecule has 0 saturated carbocycles. The van der Waals surface area contributed by atoms with E-state index >= 15 is 0 Å². The first kappa shape index (κ1) is 23.2. The molecule has 8 heteroatoms. The SMILES string of the molecule is CC(C)Cc1sc(N(CCS(N)=O)Cc2ccccc2)nc1-c1ccc(Cl)c(Cl)c1. The Morgan fingerprint density at radius 2 is 1.87 bits per heavy atom. The van der Waals surface area contributed by atoms with Crippen molar-refractivity contribution in [2.45, 2.75) is 26.8 Å². The molecule has 2 aromatic carbocycles. The van der Waals surface area contributed by atoms with E-state index in [9.17, 15) is 4.21 Å². The molecule has 1 unspecified atom stereocenters. The van der Waals surface area contributed by atoms with Crippen LogP contribution in [0.4, 0.5) is 5.13 Å². The summed E-state index contributed by atoms with van der Waals surface area (Å²) in [6.07, 6.45) is 0.912. The van der Waals surface area contributed by atoms with Crippen molar-refractivity contribution >= 4 is 50.7 Å². The second-order valence-corrected chi connectivity index (χ2v) is 10.5. The van der Waals surface area contributed by atoms with E-state index in [0.717, 1.165) is 28.4 Å². The molecule has 0 fully saturated rings. The number of hydrogen-bond acceptors (Lipinski definition) is 4. The van der Waals surface area contributed by atoms with Gasteiger partial charge in [-0.05, 0) is 30.0 Å². The summed E-state index contributed by atoms with van der Waals surface area (Å²) >= 11 is 14.0. The Hall–Kier alpha value is -1.44. The first-order valence-electron chi connectivity index (χ1n) is 9.70. The van der Waals surface area contributed by atoms with Crippen LogP contribution in [-0.4, -0.2) is 21.5 Å². The van der Waals surface area contributed by atoms with Gasteiger partial charge in [-0.15, -0.1) is 11.3 Å². The van der Waals surface area contributed by atoms with Crippen LogP contribution < -0.4 is 10.0 Å². The van der Waals surface area contributed by atoms with Crippen molar-refractivity contribution in [2.24, 2.45) is 11.1 Å². The van der Waals surface area contributed by atoms with Crippen LogP contribution >= 0.6 is 34.5 Å². The van der Waals surface area contributed by atoms with Gasteiger partial charge in [0.15, 0.2) is 5.13 Å². The molecule has 0 aliphatic rings. The fourth-order valence-electron chi connectivity index (χ4n) is 3.10. The topological polar surface area (TPSA) is 59.2 Å². The Balaban J connectivity index is 2.00. The van der Waals surface area contributed by atoms with Gasteiger partial charge in [0.05, 0.1) is 32.5 Å². The van der Waals surface area contributed by atoms with E-state index in [1.807, 2.05) is 30.3 Å². The van der Waals surface area contributed by atoms with E-state index < -0.39 is 11.0 Å². The van der Waals surface area contributed by atoms with Crippen molar-refractivity contribution in [3.8, 4) is 11.3 Å².